The maximum Gasteiger partial charge on any atom is 0.0571 e. The average Bonchev–Trinajstić information content (AvgIpc) is 2.69. The largest absolute Gasteiger partial charge is 0.393 e. The monoisotopic (exact) mass is 248 g/mol. The van der Waals surface area contributed by atoms with Crippen LogP contribution in [0.5, 0.6) is 0 Å². The summed E-state index contributed by atoms with van der Waals surface area (Å²) in [5.74, 6) is 3.98. The van der Waals surface area contributed by atoms with Crippen molar-refractivity contribution in [2.75, 3.05) is 0 Å². The second-order valence-electron chi connectivity index (χ2n) is 7.34. The first kappa shape index (κ1) is 12.7. The summed E-state index contributed by atoms with van der Waals surface area (Å²) >= 11 is 0. The number of aliphatic hydroxyl groups is 1. The molecule has 3 rings (SSSR count). The average molecular weight is 248 g/mol. The van der Waals surface area contributed by atoms with E-state index >= 15 is 0 Å². The maximum absolute atomic E-state index is 9.99. The first-order chi connectivity index (χ1) is 8.63. The number of aliphatic hydroxyl groups excluding tert-OH is 1. The Balaban J connectivity index is 1.68. The van der Waals surface area contributed by atoms with Gasteiger partial charge in [0.1, 0.15) is 0 Å². The topological polar surface area (TPSA) is 20.2 Å². The summed E-state index contributed by atoms with van der Waals surface area (Å²) in [7, 11) is 0. The lowest BCUT2D eigenvalue weighted by Crippen LogP contribution is -2.28. The molecule has 18 heavy (non-hydrogen) atoms. The standard InChI is InChI=1S/C17H28O/c1-11-7-12(2)9-15(8-11)13-3-5-16-14(10-13)4-6-17(16)18/h8,11-14,16-18H,3-7,9-10H2,1-2H3. The third-order valence-corrected chi connectivity index (χ3v) is 5.75. The summed E-state index contributed by atoms with van der Waals surface area (Å²) < 4.78 is 0. The van der Waals surface area contributed by atoms with Crippen molar-refractivity contribution in [2.45, 2.75) is 64.9 Å². The molecule has 1 nitrogen and oxygen atoms in total. The van der Waals surface area contributed by atoms with Gasteiger partial charge in [0.25, 0.3) is 0 Å². The van der Waals surface area contributed by atoms with Gasteiger partial charge in [-0.25, -0.2) is 0 Å². The van der Waals surface area contributed by atoms with Crippen molar-refractivity contribution in [1.29, 1.82) is 0 Å². The quantitative estimate of drug-likeness (QED) is 0.691. The lowest BCUT2D eigenvalue weighted by Gasteiger charge is -2.37. The summed E-state index contributed by atoms with van der Waals surface area (Å²) in [6, 6.07) is 0. The van der Waals surface area contributed by atoms with Crippen LogP contribution in [0, 0.1) is 29.6 Å². The molecule has 1 N–H and O–H groups in total. The van der Waals surface area contributed by atoms with Crippen LogP contribution in [0.4, 0.5) is 0 Å². The van der Waals surface area contributed by atoms with Gasteiger partial charge in [0, 0.05) is 0 Å². The normalized spacial score (nSPS) is 48.7. The molecule has 6 unspecified atom stereocenters. The highest BCUT2D eigenvalue weighted by Gasteiger charge is 2.40. The summed E-state index contributed by atoms with van der Waals surface area (Å²) in [5.41, 5.74) is 1.76. The highest BCUT2D eigenvalue weighted by atomic mass is 16.3. The van der Waals surface area contributed by atoms with Crippen molar-refractivity contribution in [1.82, 2.24) is 0 Å². The minimum atomic E-state index is 0.0223. The number of allylic oxidation sites excluding steroid dienone is 2. The van der Waals surface area contributed by atoms with Crippen LogP contribution >= 0.6 is 0 Å². The Kier molecular flexibility index (Phi) is 3.53. The van der Waals surface area contributed by atoms with E-state index in [-0.39, 0.29) is 6.10 Å². The zero-order chi connectivity index (χ0) is 12.7. The van der Waals surface area contributed by atoms with Gasteiger partial charge in [0.2, 0.25) is 0 Å². The van der Waals surface area contributed by atoms with Crippen LogP contribution < -0.4 is 0 Å². The Morgan fingerprint density at radius 2 is 1.89 bits per heavy atom. The van der Waals surface area contributed by atoms with E-state index in [1.54, 1.807) is 5.57 Å². The second kappa shape index (κ2) is 5.00. The molecule has 0 bridgehead atoms. The van der Waals surface area contributed by atoms with Crippen molar-refractivity contribution in [2.24, 2.45) is 29.6 Å². The summed E-state index contributed by atoms with van der Waals surface area (Å²) in [6.07, 6.45) is 11.6. The van der Waals surface area contributed by atoms with E-state index in [9.17, 15) is 5.11 Å². The molecule has 0 saturated heterocycles. The van der Waals surface area contributed by atoms with E-state index in [1.165, 1.54) is 38.5 Å². The van der Waals surface area contributed by atoms with Crippen LogP contribution in [0.1, 0.15) is 58.8 Å². The second-order valence-corrected chi connectivity index (χ2v) is 7.34. The molecule has 0 aromatic heterocycles. The zero-order valence-corrected chi connectivity index (χ0v) is 11.9. The number of hydrogen-bond donors (Lipinski definition) is 1. The van der Waals surface area contributed by atoms with Crippen LogP contribution in [-0.2, 0) is 0 Å². The van der Waals surface area contributed by atoms with Gasteiger partial charge in [-0.3, -0.25) is 0 Å². The van der Waals surface area contributed by atoms with Crippen LogP contribution in [0.25, 0.3) is 0 Å². The van der Waals surface area contributed by atoms with Gasteiger partial charge < -0.3 is 5.11 Å². The molecular weight excluding hydrogens is 220 g/mol. The van der Waals surface area contributed by atoms with Gasteiger partial charge >= 0.3 is 0 Å². The van der Waals surface area contributed by atoms with Crippen molar-refractivity contribution in [3.8, 4) is 0 Å². The first-order valence-corrected chi connectivity index (χ1v) is 8.02. The molecular formula is C17H28O. The Labute approximate surface area is 112 Å². The maximum atomic E-state index is 9.99. The Morgan fingerprint density at radius 3 is 2.67 bits per heavy atom. The Morgan fingerprint density at radius 1 is 1.06 bits per heavy atom. The van der Waals surface area contributed by atoms with Crippen LogP contribution in [0.3, 0.4) is 0 Å². The molecule has 2 saturated carbocycles. The molecule has 1 heteroatoms. The zero-order valence-electron chi connectivity index (χ0n) is 11.9. The number of rotatable bonds is 1. The molecule has 3 aliphatic carbocycles. The molecule has 2 fully saturated rings. The fourth-order valence-corrected chi connectivity index (χ4v) is 4.99. The van der Waals surface area contributed by atoms with E-state index in [2.05, 4.69) is 19.9 Å². The van der Waals surface area contributed by atoms with Gasteiger partial charge in [-0.2, -0.15) is 0 Å². The molecule has 0 radical (unpaired) electrons. The van der Waals surface area contributed by atoms with Crippen molar-refractivity contribution in [3.63, 3.8) is 0 Å². The molecule has 3 aliphatic rings. The third kappa shape index (κ3) is 2.39. The smallest absolute Gasteiger partial charge is 0.0571 e. The van der Waals surface area contributed by atoms with E-state index < -0.39 is 0 Å². The molecule has 6 atom stereocenters. The van der Waals surface area contributed by atoms with Gasteiger partial charge in [-0.05, 0) is 74.5 Å². The van der Waals surface area contributed by atoms with E-state index in [0.717, 1.165) is 30.1 Å². The van der Waals surface area contributed by atoms with E-state index in [1.807, 2.05) is 0 Å². The molecule has 0 aliphatic heterocycles. The van der Waals surface area contributed by atoms with Crippen LogP contribution in [-0.4, -0.2) is 11.2 Å². The molecule has 102 valence electrons. The van der Waals surface area contributed by atoms with Crippen molar-refractivity contribution >= 4 is 0 Å². The lowest BCUT2D eigenvalue weighted by molar-refractivity contribution is 0.0852. The predicted octanol–water partition coefficient (Wildman–Crippen LogP) is 4.17. The van der Waals surface area contributed by atoms with Gasteiger partial charge in [0.15, 0.2) is 0 Å². The number of hydrogen-bond acceptors (Lipinski definition) is 1. The Hall–Kier alpha value is -0.300. The number of fused-ring (bicyclic) bond motifs is 1. The van der Waals surface area contributed by atoms with Crippen LogP contribution in [0.15, 0.2) is 11.6 Å². The minimum absolute atomic E-state index is 0.0223. The molecule has 0 amide bonds. The highest BCUT2D eigenvalue weighted by molar-refractivity contribution is 5.14. The van der Waals surface area contributed by atoms with Gasteiger partial charge in [0.05, 0.1) is 6.10 Å². The summed E-state index contributed by atoms with van der Waals surface area (Å²) in [5, 5.41) is 9.99. The third-order valence-electron chi connectivity index (χ3n) is 5.75. The molecule has 0 spiro atoms. The lowest BCUT2D eigenvalue weighted by atomic mass is 9.69. The summed E-state index contributed by atoms with van der Waals surface area (Å²) in [4.78, 5) is 0. The fourth-order valence-electron chi connectivity index (χ4n) is 4.99. The summed E-state index contributed by atoms with van der Waals surface area (Å²) in [6.45, 7) is 4.79. The minimum Gasteiger partial charge on any atom is -0.393 e. The van der Waals surface area contributed by atoms with E-state index in [0.29, 0.717) is 5.92 Å². The SMILES string of the molecule is CC1C=C(C2CCC3C(O)CCC3C2)CC(C)C1. The van der Waals surface area contributed by atoms with E-state index in [4.69, 9.17) is 0 Å². The van der Waals surface area contributed by atoms with Gasteiger partial charge in [-0.1, -0.05) is 25.5 Å². The predicted molar refractivity (Wildman–Crippen MR) is 75.2 cm³/mol. The molecule has 0 heterocycles. The van der Waals surface area contributed by atoms with Gasteiger partial charge in [-0.15, -0.1) is 0 Å². The van der Waals surface area contributed by atoms with Crippen molar-refractivity contribution < 1.29 is 5.11 Å². The first-order valence-electron chi connectivity index (χ1n) is 8.02. The Bertz CT molecular complexity index is 333. The fraction of sp³-hybridized carbons (Fsp3) is 0.882. The van der Waals surface area contributed by atoms with Crippen LogP contribution in [0.2, 0.25) is 0 Å². The van der Waals surface area contributed by atoms with Crippen molar-refractivity contribution in [3.05, 3.63) is 11.6 Å². The highest BCUT2D eigenvalue weighted by Crippen LogP contribution is 2.48. The molecule has 0 aromatic rings. The molecule has 0 aromatic carbocycles.